The molecule has 1 aromatic rings. The lowest BCUT2D eigenvalue weighted by atomic mass is 10.1. The van der Waals surface area contributed by atoms with Crippen molar-refractivity contribution < 1.29 is 4.79 Å². The zero-order valence-corrected chi connectivity index (χ0v) is 17.5. The van der Waals surface area contributed by atoms with Crippen molar-refractivity contribution >= 4 is 63.4 Å². The number of amides is 1. The van der Waals surface area contributed by atoms with Crippen LogP contribution in [0.15, 0.2) is 27.7 Å². The van der Waals surface area contributed by atoms with E-state index < -0.39 is 0 Å². The summed E-state index contributed by atoms with van der Waals surface area (Å²) >= 11 is 9.54. The fourth-order valence-electron chi connectivity index (χ4n) is 2.29. The van der Waals surface area contributed by atoms with Crippen LogP contribution in [-0.4, -0.2) is 38.0 Å². The average molecular weight is 516 g/mol. The van der Waals surface area contributed by atoms with E-state index >= 15 is 0 Å². The Morgan fingerprint density at radius 2 is 2.30 bits per heavy atom. The summed E-state index contributed by atoms with van der Waals surface area (Å²) in [5.74, 6) is 0.867. The Hall–Kier alpha value is -0.540. The number of guanidine groups is 1. The normalized spacial score (nSPS) is 18.0. The maximum atomic E-state index is 11.2. The SMILES string of the molecule is CN=C(NCCc1cc(Cl)ccc1Br)NC1CCC(=O)NC1.I. The van der Waals surface area contributed by atoms with Crippen molar-refractivity contribution in [2.24, 2.45) is 4.99 Å². The standard InChI is InChI=1S/C15H20BrClN4O.HI/c1-18-15(21-12-3-5-14(22)20-9-12)19-7-6-10-8-11(17)2-4-13(10)16;/h2,4,8,12H,3,5-7,9H2,1H3,(H,20,22)(H2,18,19,21);1H. The summed E-state index contributed by atoms with van der Waals surface area (Å²) in [4.78, 5) is 15.4. The van der Waals surface area contributed by atoms with Gasteiger partial charge in [0.25, 0.3) is 0 Å². The molecule has 1 fully saturated rings. The lowest BCUT2D eigenvalue weighted by Gasteiger charge is -2.25. The van der Waals surface area contributed by atoms with Crippen molar-refractivity contribution in [2.75, 3.05) is 20.1 Å². The van der Waals surface area contributed by atoms with E-state index in [1.54, 1.807) is 7.05 Å². The van der Waals surface area contributed by atoms with Gasteiger partial charge in [-0.1, -0.05) is 27.5 Å². The lowest BCUT2D eigenvalue weighted by molar-refractivity contribution is -0.122. The molecule has 2 rings (SSSR count). The second kappa shape index (κ2) is 10.4. The zero-order chi connectivity index (χ0) is 15.9. The minimum atomic E-state index is 0. The highest BCUT2D eigenvalue weighted by molar-refractivity contribution is 14.0. The van der Waals surface area contributed by atoms with E-state index in [2.05, 4.69) is 36.9 Å². The molecule has 0 bridgehead atoms. The number of piperidine rings is 1. The Balaban J connectivity index is 0.00000264. The number of carbonyl (C=O) groups is 1. The van der Waals surface area contributed by atoms with E-state index in [9.17, 15) is 4.79 Å². The van der Waals surface area contributed by atoms with Gasteiger partial charge in [-0.3, -0.25) is 9.79 Å². The van der Waals surface area contributed by atoms with Gasteiger partial charge in [-0.25, -0.2) is 0 Å². The van der Waals surface area contributed by atoms with E-state index in [0.29, 0.717) is 13.0 Å². The molecule has 128 valence electrons. The topological polar surface area (TPSA) is 65.5 Å². The first-order valence-corrected chi connectivity index (χ1v) is 8.43. The number of rotatable bonds is 4. The summed E-state index contributed by atoms with van der Waals surface area (Å²) in [5, 5.41) is 10.2. The molecule has 8 heteroatoms. The van der Waals surface area contributed by atoms with Gasteiger partial charge in [0.05, 0.1) is 0 Å². The van der Waals surface area contributed by atoms with Gasteiger partial charge in [0.15, 0.2) is 5.96 Å². The highest BCUT2D eigenvalue weighted by Crippen LogP contribution is 2.21. The van der Waals surface area contributed by atoms with Crippen molar-refractivity contribution in [3.05, 3.63) is 33.3 Å². The number of hydrogen-bond acceptors (Lipinski definition) is 2. The predicted octanol–water partition coefficient (Wildman–Crippen LogP) is 2.71. The van der Waals surface area contributed by atoms with Gasteiger partial charge in [0, 0.05) is 42.1 Å². The van der Waals surface area contributed by atoms with Gasteiger partial charge in [-0.15, -0.1) is 24.0 Å². The van der Waals surface area contributed by atoms with Crippen LogP contribution in [0.25, 0.3) is 0 Å². The molecular formula is C15H21BrClIN4O. The lowest BCUT2D eigenvalue weighted by Crippen LogP contribution is -2.51. The Morgan fingerprint density at radius 3 is 2.96 bits per heavy atom. The van der Waals surface area contributed by atoms with Crippen LogP contribution in [0, 0.1) is 0 Å². The second-order valence-corrected chi connectivity index (χ2v) is 6.46. The van der Waals surface area contributed by atoms with Crippen molar-refractivity contribution in [1.82, 2.24) is 16.0 Å². The van der Waals surface area contributed by atoms with Crippen LogP contribution in [0.3, 0.4) is 0 Å². The zero-order valence-electron chi connectivity index (χ0n) is 12.9. The molecule has 5 nitrogen and oxygen atoms in total. The van der Waals surface area contributed by atoms with Crippen LogP contribution in [0.2, 0.25) is 5.02 Å². The number of nitrogens with zero attached hydrogens (tertiary/aromatic N) is 1. The summed E-state index contributed by atoms with van der Waals surface area (Å²) in [7, 11) is 1.74. The Kier molecular flexibility index (Phi) is 9.23. The molecule has 1 amide bonds. The monoisotopic (exact) mass is 514 g/mol. The first-order chi connectivity index (χ1) is 10.6. The average Bonchev–Trinajstić information content (AvgIpc) is 2.51. The van der Waals surface area contributed by atoms with Gasteiger partial charge < -0.3 is 16.0 Å². The quantitative estimate of drug-likeness (QED) is 0.328. The Labute approximate surface area is 167 Å². The minimum Gasteiger partial charge on any atom is -0.356 e. The molecule has 1 atom stereocenters. The van der Waals surface area contributed by atoms with E-state index in [1.165, 1.54) is 0 Å². The molecule has 1 aliphatic heterocycles. The van der Waals surface area contributed by atoms with E-state index in [0.717, 1.165) is 40.4 Å². The molecule has 0 aliphatic carbocycles. The molecule has 0 aromatic heterocycles. The molecule has 0 saturated carbocycles. The van der Waals surface area contributed by atoms with Crippen molar-refractivity contribution in [1.29, 1.82) is 0 Å². The molecule has 1 heterocycles. The van der Waals surface area contributed by atoms with Crippen LogP contribution in [-0.2, 0) is 11.2 Å². The van der Waals surface area contributed by atoms with E-state index in [1.807, 2.05) is 18.2 Å². The van der Waals surface area contributed by atoms with Crippen LogP contribution in [0.1, 0.15) is 18.4 Å². The number of carbonyl (C=O) groups excluding carboxylic acids is 1. The summed E-state index contributed by atoms with van der Waals surface area (Å²) in [5.41, 5.74) is 1.15. The largest absolute Gasteiger partial charge is 0.356 e. The van der Waals surface area contributed by atoms with Crippen molar-refractivity contribution in [3.8, 4) is 0 Å². The van der Waals surface area contributed by atoms with E-state index in [-0.39, 0.29) is 35.9 Å². The van der Waals surface area contributed by atoms with Gasteiger partial charge in [0.2, 0.25) is 5.91 Å². The number of benzene rings is 1. The molecular weight excluding hydrogens is 494 g/mol. The van der Waals surface area contributed by atoms with Gasteiger partial charge in [-0.2, -0.15) is 0 Å². The van der Waals surface area contributed by atoms with Crippen LogP contribution >= 0.6 is 51.5 Å². The van der Waals surface area contributed by atoms with Crippen molar-refractivity contribution in [2.45, 2.75) is 25.3 Å². The summed E-state index contributed by atoms with van der Waals surface area (Å²) in [6, 6.07) is 6.00. The Morgan fingerprint density at radius 1 is 1.52 bits per heavy atom. The highest BCUT2D eigenvalue weighted by Gasteiger charge is 2.18. The molecule has 1 aliphatic rings. The fourth-order valence-corrected chi connectivity index (χ4v) is 2.93. The van der Waals surface area contributed by atoms with Gasteiger partial charge >= 0.3 is 0 Å². The number of halogens is 3. The molecule has 0 radical (unpaired) electrons. The highest BCUT2D eigenvalue weighted by atomic mass is 127. The summed E-state index contributed by atoms with van der Waals surface area (Å²) in [6.07, 6.45) is 2.22. The first kappa shape index (κ1) is 20.5. The predicted molar refractivity (Wildman–Crippen MR) is 109 cm³/mol. The third-order valence-electron chi connectivity index (χ3n) is 3.52. The first-order valence-electron chi connectivity index (χ1n) is 7.26. The van der Waals surface area contributed by atoms with Crippen LogP contribution in [0.5, 0.6) is 0 Å². The minimum absolute atomic E-state index is 0. The van der Waals surface area contributed by atoms with Gasteiger partial charge in [0.1, 0.15) is 0 Å². The molecule has 3 N–H and O–H groups in total. The number of aliphatic imine (C=N–C) groups is 1. The maximum absolute atomic E-state index is 11.2. The molecule has 0 spiro atoms. The molecule has 1 unspecified atom stereocenters. The summed E-state index contributed by atoms with van der Waals surface area (Å²) < 4.78 is 1.05. The Bertz CT molecular complexity index is 560. The third kappa shape index (κ3) is 6.84. The smallest absolute Gasteiger partial charge is 0.220 e. The number of hydrogen-bond donors (Lipinski definition) is 3. The molecule has 23 heavy (non-hydrogen) atoms. The summed E-state index contributed by atoms with van der Waals surface area (Å²) in [6.45, 7) is 1.39. The third-order valence-corrected chi connectivity index (χ3v) is 4.53. The number of nitrogens with one attached hydrogen (secondary N) is 3. The molecule has 1 aromatic carbocycles. The molecule has 1 saturated heterocycles. The van der Waals surface area contributed by atoms with Crippen LogP contribution < -0.4 is 16.0 Å². The van der Waals surface area contributed by atoms with Gasteiger partial charge in [-0.05, 0) is 36.6 Å². The van der Waals surface area contributed by atoms with Crippen LogP contribution in [0.4, 0.5) is 0 Å². The second-order valence-electron chi connectivity index (χ2n) is 5.17. The maximum Gasteiger partial charge on any atom is 0.220 e. The van der Waals surface area contributed by atoms with E-state index in [4.69, 9.17) is 11.6 Å². The fraction of sp³-hybridized carbons (Fsp3) is 0.467. The van der Waals surface area contributed by atoms with Crippen molar-refractivity contribution in [3.63, 3.8) is 0 Å².